The lowest BCUT2D eigenvalue weighted by molar-refractivity contribution is 0.0361. The molecular formula is C23H23FN6O. The molecule has 0 aliphatic carbocycles. The Labute approximate surface area is 179 Å². The molecule has 4 aromatic rings. The average Bonchev–Trinajstić information content (AvgIpc) is 3.26. The van der Waals surface area contributed by atoms with Gasteiger partial charge in [-0.1, -0.05) is 30.3 Å². The van der Waals surface area contributed by atoms with E-state index in [0.717, 1.165) is 49.7 Å². The Bertz CT molecular complexity index is 1140. The summed E-state index contributed by atoms with van der Waals surface area (Å²) < 4.78 is 20.5. The number of benzene rings is 2. The van der Waals surface area contributed by atoms with E-state index in [1.807, 2.05) is 18.2 Å². The van der Waals surface area contributed by atoms with Crippen molar-refractivity contribution in [3.05, 3.63) is 78.5 Å². The fourth-order valence-corrected chi connectivity index (χ4v) is 3.86. The molecule has 1 unspecified atom stereocenters. The summed E-state index contributed by atoms with van der Waals surface area (Å²) in [6.07, 6.45) is 3.28. The maximum atomic E-state index is 13.3. The summed E-state index contributed by atoms with van der Waals surface area (Å²) in [6, 6.07) is 16.6. The van der Waals surface area contributed by atoms with Crippen LogP contribution in [0.1, 0.15) is 11.6 Å². The van der Waals surface area contributed by atoms with E-state index in [1.165, 1.54) is 24.0 Å². The van der Waals surface area contributed by atoms with Gasteiger partial charge in [0.1, 0.15) is 18.0 Å². The fraction of sp³-hybridized carbons (Fsp3) is 0.261. The van der Waals surface area contributed by atoms with Crippen LogP contribution in [-0.4, -0.2) is 57.5 Å². The Morgan fingerprint density at radius 2 is 1.77 bits per heavy atom. The van der Waals surface area contributed by atoms with Crippen LogP contribution < -0.4 is 5.32 Å². The van der Waals surface area contributed by atoms with E-state index in [9.17, 15) is 4.39 Å². The van der Waals surface area contributed by atoms with Crippen LogP contribution in [0.4, 0.5) is 10.2 Å². The molecule has 1 atom stereocenters. The van der Waals surface area contributed by atoms with E-state index in [-0.39, 0.29) is 11.9 Å². The third-order valence-electron chi connectivity index (χ3n) is 5.49. The highest BCUT2D eigenvalue weighted by atomic mass is 19.1. The van der Waals surface area contributed by atoms with Gasteiger partial charge < -0.3 is 10.1 Å². The summed E-state index contributed by atoms with van der Waals surface area (Å²) in [5.41, 5.74) is 2.60. The molecule has 1 saturated heterocycles. The molecule has 3 heterocycles. The topological polar surface area (TPSA) is 68.1 Å². The molecule has 7 nitrogen and oxygen atoms in total. The average molecular weight is 418 g/mol. The number of rotatable bonds is 6. The van der Waals surface area contributed by atoms with E-state index < -0.39 is 0 Å². The fourth-order valence-electron chi connectivity index (χ4n) is 3.86. The van der Waals surface area contributed by atoms with Crippen LogP contribution in [0.5, 0.6) is 0 Å². The molecule has 31 heavy (non-hydrogen) atoms. The van der Waals surface area contributed by atoms with Gasteiger partial charge in [-0.2, -0.15) is 5.10 Å². The van der Waals surface area contributed by atoms with Gasteiger partial charge in [0.15, 0.2) is 5.65 Å². The molecular weight excluding hydrogens is 395 g/mol. The van der Waals surface area contributed by atoms with Crippen molar-refractivity contribution in [2.75, 3.05) is 38.2 Å². The zero-order chi connectivity index (χ0) is 21.0. The minimum atomic E-state index is -0.286. The molecule has 1 fully saturated rings. The molecule has 1 aliphatic heterocycles. The van der Waals surface area contributed by atoms with Crippen molar-refractivity contribution in [1.29, 1.82) is 0 Å². The standard InChI is InChI=1S/C23H23FN6O/c24-18-6-8-19(9-7-18)30-23-20(14-27-30)22(25-16-26-23)28-21(17-4-2-1-3-5-17)15-29-10-12-31-13-11-29/h1-9,14,16,21H,10-13,15H2,(H,25,26,28). The number of morpholine rings is 1. The first-order valence-corrected chi connectivity index (χ1v) is 10.3. The molecule has 2 aromatic carbocycles. The van der Waals surface area contributed by atoms with Gasteiger partial charge in [-0.3, -0.25) is 4.90 Å². The summed E-state index contributed by atoms with van der Waals surface area (Å²) >= 11 is 0. The van der Waals surface area contributed by atoms with Crippen molar-refractivity contribution < 1.29 is 9.13 Å². The molecule has 0 radical (unpaired) electrons. The van der Waals surface area contributed by atoms with Gasteiger partial charge in [0.05, 0.1) is 36.5 Å². The molecule has 158 valence electrons. The van der Waals surface area contributed by atoms with Gasteiger partial charge in [-0.15, -0.1) is 0 Å². The van der Waals surface area contributed by atoms with Gasteiger partial charge in [0.25, 0.3) is 0 Å². The predicted octanol–water partition coefficient (Wildman–Crippen LogP) is 3.44. The molecule has 2 aromatic heterocycles. The number of aromatic nitrogens is 4. The first-order valence-electron chi connectivity index (χ1n) is 10.3. The van der Waals surface area contributed by atoms with Crippen molar-refractivity contribution >= 4 is 16.9 Å². The third kappa shape index (κ3) is 4.26. The summed E-state index contributed by atoms with van der Waals surface area (Å²) in [4.78, 5) is 11.3. The number of fused-ring (bicyclic) bond motifs is 1. The zero-order valence-corrected chi connectivity index (χ0v) is 17.0. The van der Waals surface area contributed by atoms with E-state index >= 15 is 0 Å². The maximum Gasteiger partial charge on any atom is 0.168 e. The van der Waals surface area contributed by atoms with Crippen LogP contribution in [0.15, 0.2) is 67.1 Å². The summed E-state index contributed by atoms with van der Waals surface area (Å²) in [6.45, 7) is 4.16. The lowest BCUT2D eigenvalue weighted by Crippen LogP contribution is -2.40. The second-order valence-corrected chi connectivity index (χ2v) is 7.51. The summed E-state index contributed by atoms with van der Waals surface area (Å²) in [5.74, 6) is 0.437. The Balaban J connectivity index is 1.47. The molecule has 8 heteroatoms. The predicted molar refractivity (Wildman–Crippen MR) is 117 cm³/mol. The number of ether oxygens (including phenoxy) is 1. The maximum absolute atomic E-state index is 13.3. The first kappa shape index (κ1) is 19.6. The zero-order valence-electron chi connectivity index (χ0n) is 17.0. The molecule has 5 rings (SSSR count). The van der Waals surface area contributed by atoms with Crippen LogP contribution >= 0.6 is 0 Å². The van der Waals surface area contributed by atoms with Crippen molar-refractivity contribution in [2.24, 2.45) is 0 Å². The minimum absolute atomic E-state index is 0.0478. The van der Waals surface area contributed by atoms with Crippen molar-refractivity contribution in [3.63, 3.8) is 0 Å². The van der Waals surface area contributed by atoms with Crippen LogP contribution in [0.3, 0.4) is 0 Å². The largest absolute Gasteiger partial charge is 0.379 e. The molecule has 0 amide bonds. The minimum Gasteiger partial charge on any atom is -0.379 e. The van der Waals surface area contributed by atoms with E-state index in [1.54, 1.807) is 23.0 Å². The van der Waals surface area contributed by atoms with Crippen molar-refractivity contribution in [1.82, 2.24) is 24.6 Å². The summed E-state index contributed by atoms with van der Waals surface area (Å²) in [7, 11) is 0. The van der Waals surface area contributed by atoms with E-state index in [2.05, 4.69) is 37.4 Å². The Hall–Kier alpha value is -3.36. The van der Waals surface area contributed by atoms with Crippen LogP contribution in [-0.2, 0) is 4.74 Å². The van der Waals surface area contributed by atoms with E-state index in [4.69, 9.17) is 4.74 Å². The monoisotopic (exact) mass is 418 g/mol. The quantitative estimate of drug-likeness (QED) is 0.517. The van der Waals surface area contributed by atoms with Crippen LogP contribution in [0.25, 0.3) is 16.7 Å². The van der Waals surface area contributed by atoms with Crippen molar-refractivity contribution in [3.8, 4) is 5.69 Å². The number of nitrogens with one attached hydrogen (secondary N) is 1. The highest BCUT2D eigenvalue weighted by Crippen LogP contribution is 2.26. The van der Waals surface area contributed by atoms with Crippen molar-refractivity contribution in [2.45, 2.75) is 6.04 Å². The highest BCUT2D eigenvalue weighted by molar-refractivity contribution is 5.87. The Morgan fingerprint density at radius 3 is 2.55 bits per heavy atom. The number of hydrogen-bond acceptors (Lipinski definition) is 6. The smallest absolute Gasteiger partial charge is 0.168 e. The molecule has 0 spiro atoms. The second kappa shape index (κ2) is 8.79. The molecule has 0 saturated carbocycles. The lowest BCUT2D eigenvalue weighted by Gasteiger charge is -2.31. The number of halogens is 1. The molecule has 1 aliphatic rings. The number of anilines is 1. The third-order valence-corrected chi connectivity index (χ3v) is 5.49. The molecule has 0 bridgehead atoms. The van der Waals surface area contributed by atoms with Gasteiger partial charge in [-0.05, 0) is 29.8 Å². The van der Waals surface area contributed by atoms with Crippen LogP contribution in [0.2, 0.25) is 0 Å². The normalized spacial score (nSPS) is 15.8. The van der Waals surface area contributed by atoms with Gasteiger partial charge in [0, 0.05) is 19.6 Å². The second-order valence-electron chi connectivity index (χ2n) is 7.51. The number of hydrogen-bond donors (Lipinski definition) is 1. The SMILES string of the molecule is Fc1ccc(-n2ncc3c(NC(CN4CCOCC4)c4ccccc4)ncnc32)cc1. The highest BCUT2D eigenvalue weighted by Gasteiger charge is 2.20. The van der Waals surface area contributed by atoms with Gasteiger partial charge >= 0.3 is 0 Å². The van der Waals surface area contributed by atoms with Gasteiger partial charge in [0.2, 0.25) is 0 Å². The first-order chi connectivity index (χ1) is 15.3. The summed E-state index contributed by atoms with van der Waals surface area (Å²) in [5, 5.41) is 8.90. The van der Waals surface area contributed by atoms with Crippen LogP contribution in [0, 0.1) is 5.82 Å². The lowest BCUT2D eigenvalue weighted by atomic mass is 10.1. The Morgan fingerprint density at radius 1 is 1.00 bits per heavy atom. The van der Waals surface area contributed by atoms with Gasteiger partial charge in [-0.25, -0.2) is 19.0 Å². The Kier molecular flexibility index (Phi) is 5.56. The molecule has 1 N–H and O–H groups in total. The van der Waals surface area contributed by atoms with E-state index in [0.29, 0.717) is 5.65 Å². The number of nitrogens with zero attached hydrogens (tertiary/aromatic N) is 5.